The van der Waals surface area contributed by atoms with Gasteiger partial charge in [0.2, 0.25) is 0 Å². The van der Waals surface area contributed by atoms with Crippen molar-refractivity contribution in [2.24, 2.45) is 7.05 Å². The Labute approximate surface area is 140 Å². The van der Waals surface area contributed by atoms with E-state index in [1.165, 1.54) is 0 Å². The first-order valence-electron chi connectivity index (χ1n) is 7.73. The maximum atomic E-state index is 12.0. The summed E-state index contributed by atoms with van der Waals surface area (Å²) in [7, 11) is 1.95. The second-order valence-corrected chi connectivity index (χ2v) is 5.67. The summed E-state index contributed by atoms with van der Waals surface area (Å²) >= 11 is 0. The molecule has 2 N–H and O–H groups in total. The molecule has 3 aromatic rings. The number of rotatable bonds is 5. The number of benzene rings is 1. The van der Waals surface area contributed by atoms with Gasteiger partial charge in [-0.15, -0.1) is 5.10 Å². The van der Waals surface area contributed by atoms with E-state index in [0.717, 1.165) is 16.8 Å². The van der Waals surface area contributed by atoms with E-state index in [2.05, 4.69) is 20.9 Å². The molecular weight excluding hydrogens is 304 g/mol. The highest BCUT2D eigenvalue weighted by Crippen LogP contribution is 2.15. The topological polar surface area (TPSA) is 76.8 Å². The number of carbonyl (C=O) groups is 1. The Hall–Kier alpha value is -3.09. The largest absolute Gasteiger partial charge is 0.357 e. The van der Waals surface area contributed by atoms with Crippen LogP contribution >= 0.6 is 0 Å². The van der Waals surface area contributed by atoms with Gasteiger partial charge in [0, 0.05) is 26.0 Å². The number of carbonyl (C=O) groups excluding carboxylic acids is 1. The Bertz CT molecular complexity index is 791. The molecule has 1 atom stereocenters. The summed E-state index contributed by atoms with van der Waals surface area (Å²) in [5.41, 5.74) is 3.02. The van der Waals surface area contributed by atoms with Gasteiger partial charge in [-0.25, -0.2) is 9.48 Å². The van der Waals surface area contributed by atoms with E-state index in [-0.39, 0.29) is 12.1 Å². The highest BCUT2D eigenvalue weighted by Gasteiger charge is 2.09. The molecular formula is C17H20N6O. The number of aryl methyl sites for hydroxylation is 1. The maximum absolute atomic E-state index is 12.0. The lowest BCUT2D eigenvalue weighted by Crippen LogP contribution is -2.36. The normalized spacial score (nSPS) is 11.9. The molecule has 7 nitrogen and oxygen atoms in total. The quantitative estimate of drug-likeness (QED) is 0.755. The van der Waals surface area contributed by atoms with Crippen LogP contribution in [-0.4, -0.2) is 25.6 Å². The number of hydrogen-bond donors (Lipinski definition) is 2. The fourth-order valence-electron chi connectivity index (χ4n) is 2.44. The van der Waals surface area contributed by atoms with Gasteiger partial charge in [0.25, 0.3) is 0 Å². The molecule has 0 bridgehead atoms. The smallest absolute Gasteiger partial charge is 0.315 e. The molecule has 0 aliphatic carbocycles. The summed E-state index contributed by atoms with van der Waals surface area (Å²) in [5.74, 6) is 0. The van der Waals surface area contributed by atoms with Crippen molar-refractivity contribution in [2.75, 3.05) is 0 Å². The zero-order valence-electron chi connectivity index (χ0n) is 13.7. The number of nitrogens with one attached hydrogen (secondary N) is 2. The van der Waals surface area contributed by atoms with Crippen molar-refractivity contribution in [1.29, 1.82) is 0 Å². The lowest BCUT2D eigenvalue weighted by atomic mass is 10.1. The first kappa shape index (κ1) is 15.8. The van der Waals surface area contributed by atoms with Crippen molar-refractivity contribution in [2.45, 2.75) is 19.5 Å². The lowest BCUT2D eigenvalue weighted by Gasteiger charge is -2.15. The van der Waals surface area contributed by atoms with E-state index in [1.54, 1.807) is 17.1 Å². The number of urea groups is 1. The molecule has 7 heteroatoms. The Kier molecular flexibility index (Phi) is 4.60. The summed E-state index contributed by atoms with van der Waals surface area (Å²) in [4.78, 5) is 12.0. The monoisotopic (exact) mass is 324 g/mol. The van der Waals surface area contributed by atoms with Gasteiger partial charge in [0.15, 0.2) is 0 Å². The Morgan fingerprint density at radius 3 is 2.62 bits per heavy atom. The Morgan fingerprint density at radius 2 is 2.00 bits per heavy atom. The van der Waals surface area contributed by atoms with Crippen molar-refractivity contribution in [3.05, 3.63) is 66.2 Å². The summed E-state index contributed by atoms with van der Waals surface area (Å²) in [6.07, 6.45) is 7.35. The molecule has 2 heterocycles. The third kappa shape index (κ3) is 3.81. The molecule has 24 heavy (non-hydrogen) atoms. The highest BCUT2D eigenvalue weighted by molar-refractivity contribution is 5.74. The van der Waals surface area contributed by atoms with Crippen molar-refractivity contribution >= 4 is 6.03 Å². The Morgan fingerprint density at radius 1 is 1.21 bits per heavy atom. The summed E-state index contributed by atoms with van der Waals surface area (Å²) in [5, 5.41) is 13.5. The zero-order chi connectivity index (χ0) is 16.9. The van der Waals surface area contributed by atoms with Crippen LogP contribution in [0, 0.1) is 0 Å². The molecule has 0 saturated heterocycles. The second kappa shape index (κ2) is 6.99. The number of amides is 2. The molecule has 0 radical (unpaired) electrons. The molecule has 0 saturated carbocycles. The standard InChI is InChI=1S/C17H20N6O/c1-13(20-17(24)18-11-14-7-9-22(2)12-14)15-3-5-16(6-4-15)23-10-8-19-21-23/h3-10,12-13H,11H2,1-2H3,(H2,18,20,24)/t13-/m1/s1. The van der Waals surface area contributed by atoms with Gasteiger partial charge in [0.05, 0.1) is 24.1 Å². The van der Waals surface area contributed by atoms with Crippen molar-refractivity contribution in [3.8, 4) is 5.69 Å². The lowest BCUT2D eigenvalue weighted by molar-refractivity contribution is 0.237. The molecule has 124 valence electrons. The third-order valence-corrected chi connectivity index (χ3v) is 3.77. The van der Waals surface area contributed by atoms with Crippen LogP contribution < -0.4 is 10.6 Å². The average Bonchev–Trinajstić information content (AvgIpc) is 3.25. The fourth-order valence-corrected chi connectivity index (χ4v) is 2.44. The third-order valence-electron chi connectivity index (χ3n) is 3.77. The van der Waals surface area contributed by atoms with E-state index < -0.39 is 0 Å². The molecule has 2 aromatic heterocycles. The van der Waals surface area contributed by atoms with Gasteiger partial charge in [-0.1, -0.05) is 17.3 Å². The van der Waals surface area contributed by atoms with Gasteiger partial charge in [-0.3, -0.25) is 0 Å². The second-order valence-electron chi connectivity index (χ2n) is 5.67. The van der Waals surface area contributed by atoms with E-state index in [9.17, 15) is 4.79 Å². The van der Waals surface area contributed by atoms with Crippen LogP contribution in [0.4, 0.5) is 4.79 Å². The van der Waals surface area contributed by atoms with Gasteiger partial charge in [-0.05, 0) is 36.2 Å². The van der Waals surface area contributed by atoms with Crippen LogP contribution in [0.15, 0.2) is 55.1 Å². The molecule has 0 unspecified atom stereocenters. The molecule has 0 spiro atoms. The van der Waals surface area contributed by atoms with Crippen LogP contribution in [-0.2, 0) is 13.6 Å². The Balaban J connectivity index is 1.54. The minimum Gasteiger partial charge on any atom is -0.357 e. The van der Waals surface area contributed by atoms with Crippen molar-refractivity contribution in [1.82, 2.24) is 30.2 Å². The number of hydrogen-bond acceptors (Lipinski definition) is 3. The molecule has 0 aliphatic heterocycles. The first-order chi connectivity index (χ1) is 11.6. The molecule has 0 fully saturated rings. The summed E-state index contributed by atoms with van der Waals surface area (Å²) < 4.78 is 3.64. The van der Waals surface area contributed by atoms with E-state index in [1.807, 2.05) is 61.3 Å². The zero-order valence-corrected chi connectivity index (χ0v) is 13.7. The molecule has 1 aromatic carbocycles. The number of nitrogens with zero attached hydrogens (tertiary/aromatic N) is 4. The van der Waals surface area contributed by atoms with Crippen LogP contribution in [0.3, 0.4) is 0 Å². The van der Waals surface area contributed by atoms with Gasteiger partial charge in [-0.2, -0.15) is 0 Å². The molecule has 3 rings (SSSR count). The summed E-state index contributed by atoms with van der Waals surface area (Å²) in [6, 6.07) is 9.54. The van der Waals surface area contributed by atoms with Crippen LogP contribution in [0.5, 0.6) is 0 Å². The predicted octanol–water partition coefficient (Wildman–Crippen LogP) is 2.17. The van der Waals surface area contributed by atoms with Gasteiger partial charge in [0.1, 0.15) is 0 Å². The van der Waals surface area contributed by atoms with Gasteiger partial charge >= 0.3 is 6.03 Å². The molecule has 0 aliphatic rings. The van der Waals surface area contributed by atoms with Crippen LogP contribution in [0.1, 0.15) is 24.1 Å². The fraction of sp³-hybridized carbons (Fsp3) is 0.235. The van der Waals surface area contributed by atoms with E-state index in [4.69, 9.17) is 0 Å². The highest BCUT2D eigenvalue weighted by atomic mass is 16.2. The molecule has 2 amide bonds. The average molecular weight is 324 g/mol. The van der Waals surface area contributed by atoms with E-state index in [0.29, 0.717) is 6.54 Å². The minimum absolute atomic E-state index is 0.0921. The van der Waals surface area contributed by atoms with Crippen LogP contribution in [0.2, 0.25) is 0 Å². The SMILES string of the molecule is C[C@@H](NC(=O)NCc1ccn(C)c1)c1ccc(-n2ccnn2)cc1. The predicted molar refractivity (Wildman–Crippen MR) is 90.6 cm³/mol. The van der Waals surface area contributed by atoms with Crippen LogP contribution in [0.25, 0.3) is 5.69 Å². The number of aromatic nitrogens is 4. The van der Waals surface area contributed by atoms with Crippen molar-refractivity contribution < 1.29 is 4.79 Å². The van der Waals surface area contributed by atoms with Crippen molar-refractivity contribution in [3.63, 3.8) is 0 Å². The van der Waals surface area contributed by atoms with Gasteiger partial charge < -0.3 is 15.2 Å². The summed E-state index contributed by atoms with van der Waals surface area (Å²) in [6.45, 7) is 2.46. The first-order valence-corrected chi connectivity index (χ1v) is 7.73. The maximum Gasteiger partial charge on any atom is 0.315 e. The minimum atomic E-state index is -0.188. The van der Waals surface area contributed by atoms with E-state index >= 15 is 0 Å².